The first-order chi connectivity index (χ1) is 7.77. The molecule has 0 saturated heterocycles. The quantitative estimate of drug-likeness (QED) is 0.591. The van der Waals surface area contributed by atoms with Crippen LogP contribution in [0.1, 0.15) is 52.4 Å². The van der Waals surface area contributed by atoms with E-state index in [0.29, 0.717) is 0 Å². The van der Waals surface area contributed by atoms with Gasteiger partial charge in [0.1, 0.15) is 0 Å². The second-order valence-corrected chi connectivity index (χ2v) is 4.77. The molecule has 1 aliphatic carbocycles. The lowest BCUT2D eigenvalue weighted by Crippen LogP contribution is -2.36. The van der Waals surface area contributed by atoms with Crippen LogP contribution >= 0.6 is 0 Å². The maximum absolute atomic E-state index is 11.8. The predicted molar refractivity (Wildman–Crippen MR) is 67.3 cm³/mol. The lowest BCUT2D eigenvalue weighted by atomic mass is 9.98. The standard InChI is InChI=1S/C13H26N2O/c1-3-5-6-11(4-2)13(16)15-10-9-14-12-7-8-12/h11-12,14H,3-10H2,1-2H3,(H,15,16). The molecule has 1 fully saturated rings. The van der Waals surface area contributed by atoms with E-state index in [1.807, 2.05) is 0 Å². The zero-order valence-electron chi connectivity index (χ0n) is 10.7. The van der Waals surface area contributed by atoms with Crippen LogP contribution in [0.15, 0.2) is 0 Å². The van der Waals surface area contributed by atoms with Gasteiger partial charge in [-0.15, -0.1) is 0 Å². The highest BCUT2D eigenvalue weighted by Crippen LogP contribution is 2.17. The summed E-state index contributed by atoms with van der Waals surface area (Å²) < 4.78 is 0. The predicted octanol–water partition coefficient (Wildman–Crippen LogP) is 2.07. The molecule has 3 nitrogen and oxygen atoms in total. The van der Waals surface area contributed by atoms with E-state index in [1.54, 1.807) is 0 Å². The van der Waals surface area contributed by atoms with Crippen LogP contribution in [-0.2, 0) is 4.79 Å². The van der Waals surface area contributed by atoms with Gasteiger partial charge < -0.3 is 10.6 Å². The van der Waals surface area contributed by atoms with Crippen molar-refractivity contribution in [1.29, 1.82) is 0 Å². The summed E-state index contributed by atoms with van der Waals surface area (Å²) in [6, 6.07) is 0.735. The van der Waals surface area contributed by atoms with Gasteiger partial charge in [0.05, 0.1) is 0 Å². The maximum atomic E-state index is 11.8. The number of carbonyl (C=O) groups is 1. The molecule has 0 aromatic carbocycles. The Labute approximate surface area is 99.4 Å². The van der Waals surface area contributed by atoms with Crippen LogP contribution in [0, 0.1) is 5.92 Å². The summed E-state index contributed by atoms with van der Waals surface area (Å²) in [7, 11) is 0. The third kappa shape index (κ3) is 5.50. The van der Waals surface area contributed by atoms with Crippen molar-refractivity contribution in [2.24, 2.45) is 5.92 Å². The zero-order valence-corrected chi connectivity index (χ0v) is 10.7. The Hall–Kier alpha value is -0.570. The molecule has 0 spiro atoms. The summed E-state index contributed by atoms with van der Waals surface area (Å²) in [5.74, 6) is 0.467. The highest BCUT2D eigenvalue weighted by molar-refractivity contribution is 5.78. The molecule has 0 aliphatic heterocycles. The van der Waals surface area contributed by atoms with Gasteiger partial charge in [-0.3, -0.25) is 4.79 Å². The Morgan fingerprint density at radius 2 is 2.06 bits per heavy atom. The van der Waals surface area contributed by atoms with Gasteiger partial charge in [0, 0.05) is 25.0 Å². The molecule has 94 valence electrons. The van der Waals surface area contributed by atoms with Gasteiger partial charge in [0.15, 0.2) is 0 Å². The summed E-state index contributed by atoms with van der Waals surface area (Å²) in [6.07, 6.45) is 6.94. The molecule has 1 aliphatic rings. The van der Waals surface area contributed by atoms with Gasteiger partial charge in [-0.2, -0.15) is 0 Å². The number of hydrogen-bond acceptors (Lipinski definition) is 2. The van der Waals surface area contributed by atoms with E-state index >= 15 is 0 Å². The van der Waals surface area contributed by atoms with Crippen molar-refractivity contribution < 1.29 is 4.79 Å². The number of carbonyl (C=O) groups excluding carboxylic acids is 1. The second kappa shape index (κ2) is 7.66. The molecule has 1 amide bonds. The Bertz CT molecular complexity index is 202. The molecule has 0 aromatic rings. The lowest BCUT2D eigenvalue weighted by Gasteiger charge is -2.14. The van der Waals surface area contributed by atoms with Crippen LogP contribution in [0.5, 0.6) is 0 Å². The molecule has 1 saturated carbocycles. The molecule has 1 unspecified atom stereocenters. The summed E-state index contributed by atoms with van der Waals surface area (Å²) >= 11 is 0. The smallest absolute Gasteiger partial charge is 0.223 e. The molecule has 0 bridgehead atoms. The minimum atomic E-state index is 0.223. The highest BCUT2D eigenvalue weighted by atomic mass is 16.1. The maximum Gasteiger partial charge on any atom is 0.223 e. The number of amides is 1. The third-order valence-electron chi connectivity index (χ3n) is 3.20. The van der Waals surface area contributed by atoms with Crippen LogP contribution in [0.2, 0.25) is 0 Å². The Kier molecular flexibility index (Phi) is 6.46. The highest BCUT2D eigenvalue weighted by Gasteiger charge is 2.20. The van der Waals surface area contributed by atoms with Crippen LogP contribution in [0.4, 0.5) is 0 Å². The molecule has 2 N–H and O–H groups in total. The molecule has 0 aromatic heterocycles. The topological polar surface area (TPSA) is 41.1 Å². The Balaban J connectivity index is 2.04. The van der Waals surface area contributed by atoms with E-state index in [9.17, 15) is 4.79 Å². The summed E-state index contributed by atoms with van der Waals surface area (Å²) in [6.45, 7) is 5.96. The number of rotatable bonds is 9. The van der Waals surface area contributed by atoms with Gasteiger partial charge in [-0.25, -0.2) is 0 Å². The summed E-state index contributed by atoms with van der Waals surface area (Å²) in [4.78, 5) is 11.8. The van der Waals surface area contributed by atoms with Gasteiger partial charge in [-0.1, -0.05) is 26.7 Å². The fourth-order valence-corrected chi connectivity index (χ4v) is 1.86. The first kappa shape index (κ1) is 13.5. The Morgan fingerprint density at radius 3 is 2.62 bits per heavy atom. The van der Waals surface area contributed by atoms with E-state index in [2.05, 4.69) is 24.5 Å². The molecule has 1 rings (SSSR count). The first-order valence-corrected chi connectivity index (χ1v) is 6.79. The summed E-state index contributed by atoms with van der Waals surface area (Å²) in [5, 5.41) is 6.42. The molecule has 0 radical (unpaired) electrons. The van der Waals surface area contributed by atoms with Crippen LogP contribution in [0.3, 0.4) is 0 Å². The molecular weight excluding hydrogens is 200 g/mol. The second-order valence-electron chi connectivity index (χ2n) is 4.77. The minimum absolute atomic E-state index is 0.223. The van der Waals surface area contributed by atoms with Crippen molar-refractivity contribution >= 4 is 5.91 Å². The van der Waals surface area contributed by atoms with Crippen molar-refractivity contribution in [3.05, 3.63) is 0 Å². The number of hydrogen-bond donors (Lipinski definition) is 2. The van der Waals surface area contributed by atoms with E-state index in [0.717, 1.165) is 38.4 Å². The van der Waals surface area contributed by atoms with Gasteiger partial charge >= 0.3 is 0 Å². The summed E-state index contributed by atoms with van der Waals surface area (Å²) in [5.41, 5.74) is 0. The van der Waals surface area contributed by atoms with Crippen molar-refractivity contribution in [3.8, 4) is 0 Å². The van der Waals surface area contributed by atoms with E-state index < -0.39 is 0 Å². The zero-order chi connectivity index (χ0) is 11.8. The number of nitrogens with one attached hydrogen (secondary N) is 2. The van der Waals surface area contributed by atoms with E-state index in [-0.39, 0.29) is 11.8 Å². The molecule has 1 atom stereocenters. The monoisotopic (exact) mass is 226 g/mol. The van der Waals surface area contributed by atoms with E-state index in [1.165, 1.54) is 19.3 Å². The van der Waals surface area contributed by atoms with Crippen molar-refractivity contribution in [2.75, 3.05) is 13.1 Å². The van der Waals surface area contributed by atoms with Gasteiger partial charge in [0.25, 0.3) is 0 Å². The van der Waals surface area contributed by atoms with Crippen LogP contribution in [0.25, 0.3) is 0 Å². The fraction of sp³-hybridized carbons (Fsp3) is 0.923. The van der Waals surface area contributed by atoms with Crippen molar-refractivity contribution in [2.45, 2.75) is 58.4 Å². The largest absolute Gasteiger partial charge is 0.355 e. The van der Waals surface area contributed by atoms with Crippen LogP contribution < -0.4 is 10.6 Å². The molecule has 16 heavy (non-hydrogen) atoms. The third-order valence-corrected chi connectivity index (χ3v) is 3.20. The minimum Gasteiger partial charge on any atom is -0.355 e. The molecular formula is C13H26N2O. The first-order valence-electron chi connectivity index (χ1n) is 6.79. The number of unbranched alkanes of at least 4 members (excludes halogenated alkanes) is 1. The van der Waals surface area contributed by atoms with Gasteiger partial charge in [-0.05, 0) is 25.7 Å². The van der Waals surface area contributed by atoms with E-state index in [4.69, 9.17) is 0 Å². The SMILES string of the molecule is CCCCC(CC)C(=O)NCCNC1CC1. The van der Waals surface area contributed by atoms with Crippen LogP contribution in [-0.4, -0.2) is 25.0 Å². The normalized spacial score (nSPS) is 17.1. The average Bonchev–Trinajstić information content (AvgIpc) is 3.09. The van der Waals surface area contributed by atoms with Crippen molar-refractivity contribution in [3.63, 3.8) is 0 Å². The molecule has 0 heterocycles. The Morgan fingerprint density at radius 1 is 1.31 bits per heavy atom. The fourth-order valence-electron chi connectivity index (χ4n) is 1.86. The van der Waals surface area contributed by atoms with Gasteiger partial charge in [0.2, 0.25) is 5.91 Å². The average molecular weight is 226 g/mol. The molecule has 3 heteroatoms. The lowest BCUT2D eigenvalue weighted by molar-refractivity contribution is -0.125. The van der Waals surface area contributed by atoms with Crippen molar-refractivity contribution in [1.82, 2.24) is 10.6 Å².